The Bertz CT molecular complexity index is 1050. The molecule has 4 amide bonds. The second-order valence-electron chi connectivity index (χ2n) is 7.52. The number of amides is 4. The molecule has 2 aromatic carbocycles. The number of carbonyl (C=O) groups is 4. The van der Waals surface area contributed by atoms with Crippen molar-refractivity contribution in [3.05, 3.63) is 54.1 Å². The van der Waals surface area contributed by atoms with Crippen LogP contribution in [0.1, 0.15) is 19.4 Å². The van der Waals surface area contributed by atoms with Gasteiger partial charge in [0.25, 0.3) is 11.8 Å². The number of anilines is 1. The van der Waals surface area contributed by atoms with E-state index >= 15 is 0 Å². The van der Waals surface area contributed by atoms with Crippen LogP contribution in [0.25, 0.3) is 0 Å². The number of nitrogens with zero attached hydrogens (tertiary/aromatic N) is 1. The van der Waals surface area contributed by atoms with E-state index in [-0.39, 0.29) is 0 Å². The van der Waals surface area contributed by atoms with E-state index < -0.39 is 42.0 Å². The minimum absolute atomic E-state index is 0.494. The summed E-state index contributed by atoms with van der Waals surface area (Å²) in [6, 6.07) is 12.5. The van der Waals surface area contributed by atoms with Gasteiger partial charge < -0.3 is 24.8 Å². The summed E-state index contributed by atoms with van der Waals surface area (Å²) in [5, 5.41) is 5.22. The summed E-state index contributed by atoms with van der Waals surface area (Å²) in [5.74, 6) is -0.835. The highest BCUT2D eigenvalue weighted by Gasteiger charge is 2.49. The van der Waals surface area contributed by atoms with Crippen LogP contribution in [0.3, 0.4) is 0 Å². The minimum Gasteiger partial charge on any atom is -0.497 e. The quantitative estimate of drug-likeness (QED) is 0.461. The smallest absolute Gasteiger partial charge is 0.327 e. The number of ether oxygens (including phenoxy) is 3. The first-order valence-corrected chi connectivity index (χ1v) is 10.1. The number of benzene rings is 2. The van der Waals surface area contributed by atoms with E-state index in [0.717, 1.165) is 4.90 Å². The van der Waals surface area contributed by atoms with Crippen molar-refractivity contribution in [3.63, 3.8) is 0 Å². The lowest BCUT2D eigenvalue weighted by molar-refractivity contribution is -0.155. The van der Waals surface area contributed by atoms with Gasteiger partial charge in [0.1, 0.15) is 23.6 Å². The molecule has 33 heavy (non-hydrogen) atoms. The Morgan fingerprint density at radius 1 is 1.00 bits per heavy atom. The molecule has 2 aromatic rings. The maximum atomic E-state index is 13.0. The first kappa shape index (κ1) is 23.6. The maximum Gasteiger partial charge on any atom is 0.327 e. The molecule has 0 radical (unpaired) electrons. The van der Waals surface area contributed by atoms with Gasteiger partial charge in [0.15, 0.2) is 6.10 Å². The highest BCUT2D eigenvalue weighted by atomic mass is 16.5. The molecule has 0 bridgehead atoms. The number of imide groups is 1. The van der Waals surface area contributed by atoms with Crippen LogP contribution in [0.2, 0.25) is 0 Å². The number of hydrogen-bond acceptors (Lipinski definition) is 7. The van der Waals surface area contributed by atoms with E-state index in [1.165, 1.54) is 21.1 Å². The number of urea groups is 1. The Hall–Kier alpha value is -4.08. The van der Waals surface area contributed by atoms with Crippen LogP contribution in [0.5, 0.6) is 11.5 Å². The molecule has 1 saturated heterocycles. The molecule has 10 nitrogen and oxygen atoms in total. The molecule has 174 valence electrons. The third-order valence-electron chi connectivity index (χ3n) is 5.26. The highest BCUT2D eigenvalue weighted by molar-refractivity contribution is 6.09. The zero-order valence-electron chi connectivity index (χ0n) is 18.7. The van der Waals surface area contributed by atoms with Crippen LogP contribution in [0, 0.1) is 0 Å². The fourth-order valence-corrected chi connectivity index (χ4v) is 3.30. The van der Waals surface area contributed by atoms with Crippen molar-refractivity contribution in [1.82, 2.24) is 10.2 Å². The summed E-state index contributed by atoms with van der Waals surface area (Å²) in [6.07, 6.45) is -1.15. The fraction of sp³-hybridized carbons (Fsp3) is 0.304. The first-order valence-electron chi connectivity index (χ1n) is 10.1. The molecule has 0 spiro atoms. The molecule has 2 N–H and O–H groups in total. The van der Waals surface area contributed by atoms with Crippen molar-refractivity contribution >= 4 is 29.5 Å². The number of hydrogen-bond donors (Lipinski definition) is 2. The van der Waals surface area contributed by atoms with Gasteiger partial charge in [-0.05, 0) is 55.8 Å². The Morgan fingerprint density at radius 3 is 2.09 bits per heavy atom. The second-order valence-corrected chi connectivity index (χ2v) is 7.52. The van der Waals surface area contributed by atoms with Gasteiger partial charge >= 0.3 is 12.0 Å². The van der Waals surface area contributed by atoms with Gasteiger partial charge in [-0.25, -0.2) is 4.79 Å². The van der Waals surface area contributed by atoms with Crippen LogP contribution < -0.4 is 20.1 Å². The summed E-state index contributed by atoms with van der Waals surface area (Å²) in [4.78, 5) is 50.8. The molecular weight excluding hydrogens is 430 g/mol. The van der Waals surface area contributed by atoms with E-state index in [9.17, 15) is 19.2 Å². The molecule has 0 saturated carbocycles. The van der Waals surface area contributed by atoms with E-state index in [4.69, 9.17) is 14.2 Å². The van der Waals surface area contributed by atoms with Crippen molar-refractivity contribution in [1.29, 1.82) is 0 Å². The Labute approximate surface area is 190 Å². The molecule has 1 fully saturated rings. The average Bonchev–Trinajstić information content (AvgIpc) is 3.03. The monoisotopic (exact) mass is 455 g/mol. The number of carbonyl (C=O) groups excluding carboxylic acids is 4. The second kappa shape index (κ2) is 9.60. The number of rotatable bonds is 8. The molecule has 1 aliphatic heterocycles. The average molecular weight is 455 g/mol. The van der Waals surface area contributed by atoms with Gasteiger partial charge in [0.2, 0.25) is 0 Å². The van der Waals surface area contributed by atoms with Gasteiger partial charge in [-0.3, -0.25) is 19.3 Å². The first-order chi connectivity index (χ1) is 15.7. The predicted octanol–water partition coefficient (Wildman–Crippen LogP) is 2.04. The number of esters is 1. The lowest BCUT2D eigenvalue weighted by atomic mass is 9.92. The van der Waals surface area contributed by atoms with Gasteiger partial charge in [-0.1, -0.05) is 12.1 Å². The Kier molecular flexibility index (Phi) is 6.86. The predicted molar refractivity (Wildman–Crippen MR) is 118 cm³/mol. The van der Waals surface area contributed by atoms with Crippen molar-refractivity contribution in [3.8, 4) is 11.5 Å². The van der Waals surface area contributed by atoms with E-state index in [1.807, 2.05) is 0 Å². The van der Waals surface area contributed by atoms with E-state index in [1.54, 1.807) is 55.5 Å². The molecule has 3 rings (SSSR count). The van der Waals surface area contributed by atoms with E-state index in [0.29, 0.717) is 22.7 Å². The zero-order valence-corrected chi connectivity index (χ0v) is 18.7. The molecular formula is C23H25N3O7. The Balaban J connectivity index is 1.60. The lowest BCUT2D eigenvalue weighted by Crippen LogP contribution is -2.42. The van der Waals surface area contributed by atoms with Crippen molar-refractivity contribution in [2.45, 2.75) is 25.5 Å². The zero-order chi connectivity index (χ0) is 24.2. The summed E-state index contributed by atoms with van der Waals surface area (Å²) in [5.41, 5.74) is -0.320. The highest BCUT2D eigenvalue weighted by Crippen LogP contribution is 2.30. The topological polar surface area (TPSA) is 123 Å². The van der Waals surface area contributed by atoms with Crippen LogP contribution in [-0.4, -0.2) is 55.6 Å². The van der Waals surface area contributed by atoms with Crippen LogP contribution in [0.15, 0.2) is 48.5 Å². The van der Waals surface area contributed by atoms with Crippen LogP contribution in [0.4, 0.5) is 10.5 Å². The van der Waals surface area contributed by atoms with Crippen LogP contribution >= 0.6 is 0 Å². The normalized spacial score (nSPS) is 18.4. The summed E-state index contributed by atoms with van der Waals surface area (Å²) in [6.45, 7) is 2.31. The molecule has 10 heteroatoms. The standard InChI is InChI=1S/C23H25N3O7/c1-14(20(28)24-16-7-11-18(32-4)12-8-16)33-19(27)13-26-21(29)23(2,25-22(26)30)15-5-9-17(31-3)10-6-15/h5-12,14H,13H2,1-4H3,(H,24,28)(H,25,30)/t14-,23-/m1/s1. The number of methoxy groups -OCH3 is 2. The van der Waals surface area contributed by atoms with Gasteiger partial charge in [-0.2, -0.15) is 0 Å². The number of nitrogens with one attached hydrogen (secondary N) is 2. The lowest BCUT2D eigenvalue weighted by Gasteiger charge is -2.22. The molecule has 0 aromatic heterocycles. The molecule has 1 heterocycles. The molecule has 0 unspecified atom stereocenters. The summed E-state index contributed by atoms with van der Waals surface area (Å²) < 4.78 is 15.3. The third-order valence-corrected chi connectivity index (χ3v) is 5.26. The third kappa shape index (κ3) is 5.05. The Morgan fingerprint density at radius 2 is 1.55 bits per heavy atom. The maximum absolute atomic E-state index is 13.0. The van der Waals surface area contributed by atoms with E-state index in [2.05, 4.69) is 10.6 Å². The SMILES string of the molecule is COc1ccc(NC(=O)[C@@H](C)OC(=O)CN2C(=O)N[C@](C)(c3ccc(OC)cc3)C2=O)cc1. The van der Waals surface area contributed by atoms with Gasteiger partial charge in [-0.15, -0.1) is 0 Å². The molecule has 0 aliphatic carbocycles. The molecule has 1 aliphatic rings. The van der Waals surface area contributed by atoms with Gasteiger partial charge in [0.05, 0.1) is 14.2 Å². The molecule has 2 atom stereocenters. The van der Waals surface area contributed by atoms with Crippen molar-refractivity contribution in [2.24, 2.45) is 0 Å². The summed E-state index contributed by atoms with van der Waals surface area (Å²) in [7, 11) is 3.05. The van der Waals surface area contributed by atoms with Crippen molar-refractivity contribution < 1.29 is 33.4 Å². The fourth-order valence-electron chi connectivity index (χ4n) is 3.30. The van der Waals surface area contributed by atoms with Gasteiger partial charge in [0, 0.05) is 5.69 Å². The minimum atomic E-state index is -1.35. The largest absolute Gasteiger partial charge is 0.497 e. The van der Waals surface area contributed by atoms with Crippen molar-refractivity contribution in [2.75, 3.05) is 26.1 Å². The van der Waals surface area contributed by atoms with Crippen LogP contribution in [-0.2, 0) is 24.7 Å². The summed E-state index contributed by atoms with van der Waals surface area (Å²) >= 11 is 0.